The summed E-state index contributed by atoms with van der Waals surface area (Å²) in [4.78, 5) is 11.7. The number of nitrogens with one attached hydrogen (secondary N) is 1. The van der Waals surface area contributed by atoms with Gasteiger partial charge in [-0.2, -0.15) is 0 Å². The molecule has 0 fully saturated rings. The SMILES string of the molecule is C/C=C/C=C/C(=O)Nc1ccc(S(=O)(=O)CC)cc1. The zero-order valence-corrected chi connectivity index (χ0v) is 11.8. The first-order valence-corrected chi connectivity index (χ1v) is 7.58. The van der Waals surface area contributed by atoms with Gasteiger partial charge in [0.15, 0.2) is 9.84 Å². The van der Waals surface area contributed by atoms with E-state index in [1.165, 1.54) is 18.2 Å². The van der Waals surface area contributed by atoms with Crippen LogP contribution in [0.4, 0.5) is 5.69 Å². The number of anilines is 1. The molecule has 0 aliphatic rings. The molecule has 1 aromatic rings. The van der Waals surface area contributed by atoms with Crippen LogP contribution in [0.1, 0.15) is 13.8 Å². The number of benzene rings is 1. The highest BCUT2D eigenvalue weighted by atomic mass is 32.2. The Kier molecular flexibility index (Phi) is 5.51. The molecule has 0 radical (unpaired) electrons. The summed E-state index contributed by atoms with van der Waals surface area (Å²) >= 11 is 0. The Morgan fingerprint density at radius 2 is 1.84 bits per heavy atom. The minimum atomic E-state index is -3.20. The molecule has 0 aliphatic carbocycles. The molecule has 1 N–H and O–H groups in total. The lowest BCUT2D eigenvalue weighted by atomic mass is 10.3. The summed E-state index contributed by atoms with van der Waals surface area (Å²) in [5, 5.41) is 2.64. The summed E-state index contributed by atoms with van der Waals surface area (Å²) in [6.45, 7) is 3.45. The fraction of sp³-hybridized carbons (Fsp3) is 0.214. The average Bonchev–Trinajstić information content (AvgIpc) is 2.39. The van der Waals surface area contributed by atoms with E-state index >= 15 is 0 Å². The van der Waals surface area contributed by atoms with Gasteiger partial charge in [-0.15, -0.1) is 0 Å². The molecule has 19 heavy (non-hydrogen) atoms. The maximum atomic E-state index is 11.6. The van der Waals surface area contributed by atoms with Gasteiger partial charge in [-0.1, -0.05) is 25.2 Å². The molecule has 0 aliphatic heterocycles. The minimum absolute atomic E-state index is 0.0603. The Labute approximate surface area is 113 Å². The number of carbonyl (C=O) groups excluding carboxylic acids is 1. The molecule has 0 spiro atoms. The van der Waals surface area contributed by atoms with Crippen molar-refractivity contribution >= 4 is 21.4 Å². The minimum Gasteiger partial charge on any atom is -0.323 e. The molecular weight excluding hydrogens is 262 g/mol. The Balaban J connectivity index is 2.75. The van der Waals surface area contributed by atoms with Crippen LogP contribution in [0, 0.1) is 0 Å². The van der Waals surface area contributed by atoms with Gasteiger partial charge < -0.3 is 5.32 Å². The highest BCUT2D eigenvalue weighted by Gasteiger charge is 2.10. The van der Waals surface area contributed by atoms with E-state index in [0.29, 0.717) is 5.69 Å². The van der Waals surface area contributed by atoms with Crippen molar-refractivity contribution in [3.05, 3.63) is 48.6 Å². The van der Waals surface area contributed by atoms with E-state index in [-0.39, 0.29) is 16.6 Å². The molecule has 0 heterocycles. The van der Waals surface area contributed by atoms with Gasteiger partial charge in [0.25, 0.3) is 0 Å². The standard InChI is InChI=1S/C14H17NO3S/c1-3-5-6-7-14(16)15-12-8-10-13(11-9-12)19(17,18)4-2/h3,5-11H,4H2,1-2H3,(H,15,16)/b5-3+,7-6+. The lowest BCUT2D eigenvalue weighted by Crippen LogP contribution is -2.08. The second-order valence-electron chi connectivity index (χ2n) is 3.80. The van der Waals surface area contributed by atoms with Gasteiger partial charge in [0, 0.05) is 11.8 Å². The Hall–Kier alpha value is -1.88. The summed E-state index contributed by atoms with van der Waals surface area (Å²) in [7, 11) is -3.20. The van der Waals surface area contributed by atoms with Crippen molar-refractivity contribution in [2.45, 2.75) is 18.7 Å². The van der Waals surface area contributed by atoms with Crippen LogP contribution in [0.2, 0.25) is 0 Å². The summed E-state index contributed by atoms with van der Waals surface area (Å²) in [6.07, 6.45) is 6.59. The van der Waals surface area contributed by atoms with E-state index in [9.17, 15) is 13.2 Å². The smallest absolute Gasteiger partial charge is 0.248 e. The first kappa shape index (κ1) is 15.2. The molecule has 1 aromatic carbocycles. The van der Waals surface area contributed by atoms with Crippen LogP contribution < -0.4 is 5.32 Å². The van der Waals surface area contributed by atoms with Crippen LogP contribution in [-0.2, 0) is 14.6 Å². The van der Waals surface area contributed by atoms with Crippen LogP contribution in [0.15, 0.2) is 53.5 Å². The molecule has 0 atom stereocenters. The molecule has 0 bridgehead atoms. The third-order valence-electron chi connectivity index (χ3n) is 2.41. The van der Waals surface area contributed by atoms with Gasteiger partial charge in [-0.3, -0.25) is 4.79 Å². The van der Waals surface area contributed by atoms with Crippen LogP contribution in [0.3, 0.4) is 0 Å². The first-order valence-electron chi connectivity index (χ1n) is 5.92. The van der Waals surface area contributed by atoms with Crippen LogP contribution in [-0.4, -0.2) is 20.1 Å². The third-order valence-corrected chi connectivity index (χ3v) is 4.16. The van der Waals surface area contributed by atoms with E-state index < -0.39 is 9.84 Å². The maximum absolute atomic E-state index is 11.6. The number of sulfone groups is 1. The molecule has 4 nitrogen and oxygen atoms in total. The van der Waals surface area contributed by atoms with Crippen molar-refractivity contribution in [1.82, 2.24) is 0 Å². The molecule has 0 unspecified atom stereocenters. The first-order chi connectivity index (χ1) is 8.99. The van der Waals surface area contributed by atoms with Crippen LogP contribution in [0.25, 0.3) is 0 Å². The number of hydrogen-bond acceptors (Lipinski definition) is 3. The monoisotopic (exact) mass is 279 g/mol. The highest BCUT2D eigenvalue weighted by molar-refractivity contribution is 7.91. The van der Waals surface area contributed by atoms with Gasteiger partial charge in [-0.05, 0) is 31.2 Å². The maximum Gasteiger partial charge on any atom is 0.248 e. The second kappa shape index (κ2) is 6.89. The quantitative estimate of drug-likeness (QED) is 0.665. The lowest BCUT2D eigenvalue weighted by Gasteiger charge is -2.04. The zero-order valence-electron chi connectivity index (χ0n) is 11.0. The van der Waals surface area contributed by atoms with Gasteiger partial charge in [-0.25, -0.2) is 8.42 Å². The molecule has 102 valence electrons. The van der Waals surface area contributed by atoms with Crippen molar-refractivity contribution in [2.75, 3.05) is 11.1 Å². The molecule has 1 amide bonds. The Morgan fingerprint density at radius 1 is 1.21 bits per heavy atom. The number of carbonyl (C=O) groups is 1. The predicted octanol–water partition coefficient (Wildman–Crippen LogP) is 2.55. The number of rotatable bonds is 5. The van der Waals surface area contributed by atoms with Crippen LogP contribution >= 0.6 is 0 Å². The second-order valence-corrected chi connectivity index (χ2v) is 6.08. The van der Waals surface area contributed by atoms with Gasteiger partial charge in [0.2, 0.25) is 5.91 Å². The van der Waals surface area contributed by atoms with E-state index in [2.05, 4.69) is 5.32 Å². The van der Waals surface area contributed by atoms with E-state index in [1.54, 1.807) is 31.2 Å². The van der Waals surface area contributed by atoms with E-state index in [4.69, 9.17) is 0 Å². The molecule has 5 heteroatoms. The summed E-state index contributed by atoms with van der Waals surface area (Å²) in [6, 6.07) is 6.13. The van der Waals surface area contributed by atoms with Crippen LogP contribution in [0.5, 0.6) is 0 Å². The third kappa shape index (κ3) is 4.71. The normalized spacial score (nSPS) is 12.1. The molecule has 1 rings (SSSR count). The van der Waals surface area contributed by atoms with Crippen molar-refractivity contribution in [3.63, 3.8) is 0 Å². The fourth-order valence-electron chi connectivity index (χ4n) is 1.35. The lowest BCUT2D eigenvalue weighted by molar-refractivity contribution is -0.111. The predicted molar refractivity (Wildman–Crippen MR) is 76.8 cm³/mol. The molecular formula is C14H17NO3S. The molecule has 0 aromatic heterocycles. The van der Waals surface area contributed by atoms with Crippen molar-refractivity contribution in [2.24, 2.45) is 0 Å². The van der Waals surface area contributed by atoms with Gasteiger partial charge in [0.05, 0.1) is 10.6 Å². The Bertz CT molecular complexity index is 584. The molecule has 0 saturated carbocycles. The number of hydrogen-bond donors (Lipinski definition) is 1. The summed E-state index contributed by atoms with van der Waals surface area (Å²) in [5.74, 6) is -0.200. The van der Waals surface area contributed by atoms with E-state index in [1.807, 2.05) is 13.0 Å². The van der Waals surface area contributed by atoms with Crippen molar-refractivity contribution < 1.29 is 13.2 Å². The average molecular weight is 279 g/mol. The summed E-state index contributed by atoms with van der Waals surface area (Å²) < 4.78 is 23.2. The summed E-state index contributed by atoms with van der Waals surface area (Å²) in [5.41, 5.74) is 0.560. The largest absolute Gasteiger partial charge is 0.323 e. The van der Waals surface area contributed by atoms with Crippen molar-refractivity contribution in [3.8, 4) is 0 Å². The topological polar surface area (TPSA) is 63.2 Å². The zero-order chi connectivity index (χ0) is 14.3. The Morgan fingerprint density at radius 3 is 2.37 bits per heavy atom. The number of allylic oxidation sites excluding steroid dienone is 3. The number of amides is 1. The van der Waals surface area contributed by atoms with Gasteiger partial charge in [0.1, 0.15) is 0 Å². The molecule has 0 saturated heterocycles. The van der Waals surface area contributed by atoms with Gasteiger partial charge >= 0.3 is 0 Å². The van der Waals surface area contributed by atoms with E-state index in [0.717, 1.165) is 0 Å². The fourth-order valence-corrected chi connectivity index (χ4v) is 2.23. The highest BCUT2D eigenvalue weighted by Crippen LogP contribution is 2.15. The van der Waals surface area contributed by atoms with Crippen molar-refractivity contribution in [1.29, 1.82) is 0 Å².